The number of aryl methyl sites for hydroxylation is 1. The molecular formula is C17H25N3O6. The molecular weight excluding hydrogens is 342 g/mol. The van der Waals surface area contributed by atoms with Crippen LogP contribution in [-0.4, -0.2) is 40.2 Å². The Morgan fingerprint density at radius 1 is 1.38 bits per heavy atom. The third-order valence-corrected chi connectivity index (χ3v) is 4.07. The summed E-state index contributed by atoms with van der Waals surface area (Å²) in [5.41, 5.74) is -1.35. The maximum atomic E-state index is 12.1. The van der Waals surface area contributed by atoms with Crippen molar-refractivity contribution in [3.8, 4) is 0 Å². The molecule has 2 N–H and O–H groups in total. The van der Waals surface area contributed by atoms with E-state index in [4.69, 9.17) is 9.47 Å². The molecule has 1 fully saturated rings. The van der Waals surface area contributed by atoms with Crippen molar-refractivity contribution < 1.29 is 19.1 Å². The highest BCUT2D eigenvalue weighted by molar-refractivity contribution is 5.75. The number of esters is 1. The summed E-state index contributed by atoms with van der Waals surface area (Å²) in [7, 11) is 0. The van der Waals surface area contributed by atoms with Gasteiger partial charge in [-0.1, -0.05) is 0 Å². The summed E-state index contributed by atoms with van der Waals surface area (Å²) < 4.78 is 12.4. The number of amides is 1. The number of hydrogen-bond donors (Lipinski definition) is 2. The number of ether oxygens (including phenoxy) is 2. The van der Waals surface area contributed by atoms with Crippen molar-refractivity contribution in [3.05, 3.63) is 32.6 Å². The van der Waals surface area contributed by atoms with Crippen LogP contribution in [-0.2, 0) is 19.1 Å². The average molecular weight is 367 g/mol. The van der Waals surface area contributed by atoms with Crippen molar-refractivity contribution in [3.63, 3.8) is 0 Å². The lowest BCUT2D eigenvalue weighted by Gasteiger charge is -2.22. The predicted octanol–water partition coefficient (Wildman–Crippen LogP) is 0.227. The molecule has 9 heteroatoms. The molecule has 26 heavy (non-hydrogen) atoms. The van der Waals surface area contributed by atoms with E-state index in [9.17, 15) is 19.2 Å². The van der Waals surface area contributed by atoms with Crippen molar-refractivity contribution in [2.24, 2.45) is 5.41 Å². The summed E-state index contributed by atoms with van der Waals surface area (Å²) in [5, 5.41) is 2.76. The van der Waals surface area contributed by atoms with Gasteiger partial charge in [-0.2, -0.15) is 0 Å². The molecule has 1 amide bonds. The van der Waals surface area contributed by atoms with Gasteiger partial charge in [-0.25, -0.2) is 4.79 Å². The Labute approximate surface area is 150 Å². The van der Waals surface area contributed by atoms with Crippen molar-refractivity contribution in [1.82, 2.24) is 14.9 Å². The Morgan fingerprint density at radius 2 is 2.04 bits per heavy atom. The first-order valence-corrected chi connectivity index (χ1v) is 8.41. The second kappa shape index (κ2) is 7.45. The highest BCUT2D eigenvalue weighted by Crippen LogP contribution is 2.28. The van der Waals surface area contributed by atoms with Crippen LogP contribution in [0.3, 0.4) is 0 Å². The normalized spacial score (nSPS) is 22.9. The molecule has 144 valence electrons. The van der Waals surface area contributed by atoms with Crippen molar-refractivity contribution in [2.75, 3.05) is 6.61 Å². The molecule has 0 bridgehead atoms. The van der Waals surface area contributed by atoms with Crippen LogP contribution in [0.1, 0.15) is 45.9 Å². The molecule has 1 aliphatic heterocycles. The van der Waals surface area contributed by atoms with Crippen LogP contribution in [0.15, 0.2) is 15.8 Å². The molecule has 1 aromatic rings. The number of nitrogens with one attached hydrogen (secondary N) is 2. The van der Waals surface area contributed by atoms with Gasteiger partial charge in [0.15, 0.2) is 0 Å². The molecule has 0 aliphatic carbocycles. The van der Waals surface area contributed by atoms with Crippen LogP contribution in [0.2, 0.25) is 0 Å². The highest BCUT2D eigenvalue weighted by atomic mass is 16.6. The Kier molecular flexibility index (Phi) is 5.70. The van der Waals surface area contributed by atoms with Gasteiger partial charge in [0.2, 0.25) is 5.91 Å². The standard InChI is InChI=1S/C17H25N3O6/c1-9-7-20(16(24)19-14(9)22)13-6-11(18-10(2)21)12(26-13)8-25-15(23)17(3,4)5/h7,11-13H,6,8H2,1-5H3,(H,18,21)(H,19,22,24)/t11-,12+,13+/m0/s1. The molecule has 0 spiro atoms. The van der Waals surface area contributed by atoms with Gasteiger partial charge in [0, 0.05) is 25.1 Å². The Balaban J connectivity index is 2.19. The van der Waals surface area contributed by atoms with E-state index in [2.05, 4.69) is 10.3 Å². The van der Waals surface area contributed by atoms with Crippen LogP contribution in [0.4, 0.5) is 0 Å². The van der Waals surface area contributed by atoms with Crippen LogP contribution in [0.25, 0.3) is 0 Å². The van der Waals surface area contributed by atoms with Crippen molar-refractivity contribution in [2.45, 2.75) is 59.4 Å². The van der Waals surface area contributed by atoms with E-state index < -0.39 is 35.0 Å². The molecule has 0 radical (unpaired) electrons. The van der Waals surface area contributed by atoms with Gasteiger partial charge in [0.25, 0.3) is 5.56 Å². The molecule has 1 saturated heterocycles. The maximum absolute atomic E-state index is 12.1. The minimum absolute atomic E-state index is 0.0470. The molecule has 0 aromatic carbocycles. The summed E-state index contributed by atoms with van der Waals surface area (Å²) >= 11 is 0. The molecule has 0 unspecified atom stereocenters. The minimum Gasteiger partial charge on any atom is -0.462 e. The van der Waals surface area contributed by atoms with E-state index >= 15 is 0 Å². The fourth-order valence-corrected chi connectivity index (χ4v) is 2.64. The van der Waals surface area contributed by atoms with Crippen LogP contribution < -0.4 is 16.6 Å². The van der Waals surface area contributed by atoms with Crippen molar-refractivity contribution >= 4 is 11.9 Å². The summed E-state index contributed by atoms with van der Waals surface area (Å²) in [6, 6.07) is -0.426. The van der Waals surface area contributed by atoms with Gasteiger partial charge in [-0.3, -0.25) is 23.9 Å². The number of hydrogen-bond acceptors (Lipinski definition) is 6. The van der Waals surface area contributed by atoms with Gasteiger partial charge in [-0.05, 0) is 27.7 Å². The number of H-pyrrole nitrogens is 1. The topological polar surface area (TPSA) is 119 Å². The lowest BCUT2D eigenvalue weighted by molar-refractivity contribution is -0.158. The first-order valence-electron chi connectivity index (χ1n) is 8.41. The Morgan fingerprint density at radius 3 is 2.62 bits per heavy atom. The average Bonchev–Trinajstić information content (AvgIpc) is 2.89. The maximum Gasteiger partial charge on any atom is 0.330 e. The zero-order valence-corrected chi connectivity index (χ0v) is 15.6. The molecule has 1 aliphatic rings. The van der Waals surface area contributed by atoms with Crippen molar-refractivity contribution in [1.29, 1.82) is 0 Å². The van der Waals surface area contributed by atoms with Gasteiger partial charge in [0.05, 0.1) is 11.5 Å². The van der Waals surface area contributed by atoms with Crippen LogP contribution in [0.5, 0.6) is 0 Å². The first kappa shape index (κ1) is 19.9. The Hall–Kier alpha value is -2.42. The lowest BCUT2D eigenvalue weighted by atomic mass is 9.97. The third kappa shape index (κ3) is 4.60. The quantitative estimate of drug-likeness (QED) is 0.735. The lowest BCUT2D eigenvalue weighted by Crippen LogP contribution is -2.42. The molecule has 3 atom stereocenters. The number of rotatable bonds is 4. The summed E-state index contributed by atoms with van der Waals surface area (Å²) in [6.07, 6.45) is 0.436. The Bertz CT molecular complexity index is 804. The van der Waals surface area contributed by atoms with Crippen LogP contribution >= 0.6 is 0 Å². The van der Waals surface area contributed by atoms with Gasteiger partial charge < -0.3 is 14.8 Å². The van der Waals surface area contributed by atoms with Gasteiger partial charge >= 0.3 is 11.7 Å². The number of carbonyl (C=O) groups excluding carboxylic acids is 2. The van der Waals surface area contributed by atoms with Gasteiger partial charge in [-0.15, -0.1) is 0 Å². The molecule has 1 aromatic heterocycles. The van der Waals surface area contributed by atoms with E-state index in [-0.39, 0.29) is 18.5 Å². The second-order valence-corrected chi connectivity index (χ2v) is 7.50. The smallest absolute Gasteiger partial charge is 0.330 e. The minimum atomic E-state index is -0.687. The molecule has 2 rings (SSSR count). The zero-order valence-electron chi connectivity index (χ0n) is 15.6. The zero-order chi connectivity index (χ0) is 19.6. The number of aromatic nitrogens is 2. The highest BCUT2D eigenvalue weighted by Gasteiger charge is 2.38. The van der Waals surface area contributed by atoms with E-state index in [0.29, 0.717) is 12.0 Å². The number of nitrogens with zero attached hydrogens (tertiary/aromatic N) is 1. The SMILES string of the molecule is CC(=O)N[C@H]1C[C@H](n2cc(C)c(=O)[nH]c2=O)O[C@@H]1COC(=O)C(C)(C)C. The number of carbonyl (C=O) groups is 2. The summed E-state index contributed by atoms with van der Waals surface area (Å²) in [5.74, 6) is -0.639. The molecule has 9 nitrogen and oxygen atoms in total. The molecule has 0 saturated carbocycles. The summed E-state index contributed by atoms with van der Waals surface area (Å²) in [6.45, 7) is 8.12. The van der Waals surface area contributed by atoms with E-state index in [1.54, 1.807) is 27.7 Å². The largest absolute Gasteiger partial charge is 0.462 e. The molecule has 2 heterocycles. The third-order valence-electron chi connectivity index (χ3n) is 4.07. The predicted molar refractivity (Wildman–Crippen MR) is 92.6 cm³/mol. The van der Waals surface area contributed by atoms with E-state index in [1.165, 1.54) is 17.7 Å². The fraction of sp³-hybridized carbons (Fsp3) is 0.647. The second-order valence-electron chi connectivity index (χ2n) is 7.50. The van der Waals surface area contributed by atoms with Crippen LogP contribution in [0, 0.1) is 12.3 Å². The van der Waals surface area contributed by atoms with E-state index in [1.807, 2.05) is 0 Å². The number of aromatic amines is 1. The monoisotopic (exact) mass is 367 g/mol. The fourth-order valence-electron chi connectivity index (χ4n) is 2.64. The first-order chi connectivity index (χ1) is 12.0. The summed E-state index contributed by atoms with van der Waals surface area (Å²) in [4.78, 5) is 49.3. The van der Waals surface area contributed by atoms with E-state index in [0.717, 1.165) is 0 Å². The van der Waals surface area contributed by atoms with Gasteiger partial charge in [0.1, 0.15) is 18.9 Å².